The molecular formula is C22H19NOS. The quantitative estimate of drug-likeness (QED) is 0.696. The predicted molar refractivity (Wildman–Crippen MR) is 104 cm³/mol. The summed E-state index contributed by atoms with van der Waals surface area (Å²) in [6.45, 7) is 0. The molecule has 0 aromatic heterocycles. The van der Waals surface area contributed by atoms with E-state index < -0.39 is 0 Å². The minimum Gasteiger partial charge on any atom is -0.345 e. The van der Waals surface area contributed by atoms with Crippen molar-refractivity contribution in [2.45, 2.75) is 17.4 Å². The maximum Gasteiger partial charge on any atom is 0.251 e. The van der Waals surface area contributed by atoms with Crippen LogP contribution in [0.25, 0.3) is 11.1 Å². The largest absolute Gasteiger partial charge is 0.345 e. The van der Waals surface area contributed by atoms with Crippen molar-refractivity contribution in [2.75, 3.05) is 5.75 Å². The van der Waals surface area contributed by atoms with Crippen molar-refractivity contribution in [3.8, 4) is 11.1 Å². The third-order valence-electron chi connectivity index (χ3n) is 4.52. The molecule has 1 aliphatic rings. The van der Waals surface area contributed by atoms with Gasteiger partial charge in [-0.2, -0.15) is 0 Å². The summed E-state index contributed by atoms with van der Waals surface area (Å²) < 4.78 is 0. The zero-order valence-electron chi connectivity index (χ0n) is 13.8. The van der Waals surface area contributed by atoms with Crippen molar-refractivity contribution < 1.29 is 4.79 Å². The van der Waals surface area contributed by atoms with E-state index in [1.165, 1.54) is 10.5 Å². The van der Waals surface area contributed by atoms with Gasteiger partial charge in [0.2, 0.25) is 0 Å². The minimum absolute atomic E-state index is 0.00804. The van der Waals surface area contributed by atoms with Crippen LogP contribution in [0.2, 0.25) is 0 Å². The fraction of sp³-hybridized carbons (Fsp3) is 0.136. The number of rotatable bonds is 3. The summed E-state index contributed by atoms with van der Waals surface area (Å²) in [6, 6.07) is 26.5. The van der Waals surface area contributed by atoms with Crippen LogP contribution in [0.4, 0.5) is 0 Å². The molecule has 0 saturated carbocycles. The predicted octanol–water partition coefficient (Wildman–Crippen LogP) is 5.32. The number of carbonyl (C=O) groups excluding carboxylic acids is 1. The Bertz CT molecular complexity index is 874. The third kappa shape index (κ3) is 3.47. The first-order valence-electron chi connectivity index (χ1n) is 8.49. The highest BCUT2D eigenvalue weighted by Gasteiger charge is 2.22. The van der Waals surface area contributed by atoms with Gasteiger partial charge in [0.05, 0.1) is 6.04 Å². The van der Waals surface area contributed by atoms with Crippen LogP contribution >= 0.6 is 11.8 Å². The van der Waals surface area contributed by atoms with Crippen molar-refractivity contribution in [3.63, 3.8) is 0 Å². The van der Waals surface area contributed by atoms with Crippen molar-refractivity contribution >= 4 is 17.7 Å². The number of amides is 1. The van der Waals surface area contributed by atoms with Crippen LogP contribution in [0.15, 0.2) is 83.8 Å². The second-order valence-corrected chi connectivity index (χ2v) is 7.28. The molecule has 0 radical (unpaired) electrons. The Morgan fingerprint density at radius 1 is 0.840 bits per heavy atom. The fourth-order valence-electron chi connectivity index (χ4n) is 3.18. The lowest BCUT2D eigenvalue weighted by atomic mass is 10.0. The smallest absolute Gasteiger partial charge is 0.251 e. The van der Waals surface area contributed by atoms with Gasteiger partial charge in [0, 0.05) is 16.2 Å². The lowest BCUT2D eigenvalue weighted by Gasteiger charge is -2.25. The van der Waals surface area contributed by atoms with Gasteiger partial charge in [-0.05, 0) is 41.3 Å². The molecule has 1 heterocycles. The van der Waals surface area contributed by atoms with Gasteiger partial charge in [0.1, 0.15) is 0 Å². The highest BCUT2D eigenvalue weighted by atomic mass is 32.2. The maximum absolute atomic E-state index is 12.7. The number of fused-ring (bicyclic) bond motifs is 1. The maximum atomic E-state index is 12.7. The number of thioether (sulfide) groups is 1. The third-order valence-corrected chi connectivity index (χ3v) is 5.64. The first-order chi connectivity index (χ1) is 12.3. The molecule has 0 spiro atoms. The minimum atomic E-state index is -0.00804. The SMILES string of the molecule is O=C(N[C@@H]1CCSc2ccccc21)c1ccc(-c2ccccc2)cc1. The molecule has 0 aliphatic carbocycles. The number of carbonyl (C=O) groups is 1. The van der Waals surface area contributed by atoms with Crippen molar-refractivity contribution in [2.24, 2.45) is 0 Å². The number of hydrogen-bond donors (Lipinski definition) is 1. The normalized spacial score (nSPS) is 16.1. The summed E-state index contributed by atoms with van der Waals surface area (Å²) in [5.41, 5.74) is 4.22. The molecule has 2 nitrogen and oxygen atoms in total. The zero-order valence-corrected chi connectivity index (χ0v) is 14.6. The standard InChI is InChI=1S/C22H19NOS/c24-22(23-20-14-15-25-21-9-5-4-8-19(20)21)18-12-10-17(11-13-18)16-6-2-1-3-7-16/h1-13,20H,14-15H2,(H,23,24)/t20-/m1/s1. The van der Waals surface area contributed by atoms with E-state index >= 15 is 0 Å². The van der Waals surface area contributed by atoms with Crippen LogP contribution < -0.4 is 5.32 Å². The Balaban J connectivity index is 1.51. The van der Waals surface area contributed by atoms with Gasteiger partial charge in [0.25, 0.3) is 5.91 Å². The molecule has 0 bridgehead atoms. The molecule has 3 aromatic rings. The number of nitrogens with one attached hydrogen (secondary N) is 1. The van der Waals surface area contributed by atoms with Gasteiger partial charge in [-0.3, -0.25) is 4.79 Å². The fourth-order valence-corrected chi connectivity index (χ4v) is 4.30. The van der Waals surface area contributed by atoms with Crippen LogP contribution in [-0.4, -0.2) is 11.7 Å². The molecule has 3 aromatic carbocycles. The summed E-state index contributed by atoms with van der Waals surface area (Å²) in [5.74, 6) is 1.03. The Morgan fingerprint density at radius 2 is 1.52 bits per heavy atom. The van der Waals surface area contributed by atoms with Gasteiger partial charge in [-0.15, -0.1) is 11.8 Å². The highest BCUT2D eigenvalue weighted by Crippen LogP contribution is 2.35. The molecule has 0 saturated heterocycles. The summed E-state index contributed by atoms with van der Waals surface area (Å²) >= 11 is 1.86. The average molecular weight is 345 g/mol. The van der Waals surface area contributed by atoms with Crippen LogP contribution in [-0.2, 0) is 0 Å². The van der Waals surface area contributed by atoms with Crippen LogP contribution in [0.1, 0.15) is 28.4 Å². The molecule has 1 N–H and O–H groups in total. The Hall–Kier alpha value is -2.52. The van der Waals surface area contributed by atoms with Gasteiger partial charge in [-0.25, -0.2) is 0 Å². The summed E-state index contributed by atoms with van der Waals surface area (Å²) in [6.07, 6.45) is 0.968. The monoisotopic (exact) mass is 345 g/mol. The van der Waals surface area contributed by atoms with Crippen LogP contribution in [0.3, 0.4) is 0 Å². The van der Waals surface area contributed by atoms with E-state index in [0.717, 1.165) is 23.3 Å². The summed E-state index contributed by atoms with van der Waals surface area (Å²) in [5, 5.41) is 3.20. The van der Waals surface area contributed by atoms with E-state index in [4.69, 9.17) is 0 Å². The zero-order chi connectivity index (χ0) is 17.1. The molecular weight excluding hydrogens is 326 g/mol. The lowest BCUT2D eigenvalue weighted by molar-refractivity contribution is 0.0935. The molecule has 0 fully saturated rings. The highest BCUT2D eigenvalue weighted by molar-refractivity contribution is 7.99. The second-order valence-electron chi connectivity index (χ2n) is 6.14. The number of benzene rings is 3. The van der Waals surface area contributed by atoms with Crippen LogP contribution in [0, 0.1) is 0 Å². The van der Waals surface area contributed by atoms with E-state index in [1.54, 1.807) is 0 Å². The van der Waals surface area contributed by atoms with Gasteiger partial charge < -0.3 is 5.32 Å². The van der Waals surface area contributed by atoms with E-state index in [-0.39, 0.29) is 11.9 Å². The van der Waals surface area contributed by atoms with E-state index in [9.17, 15) is 4.79 Å². The molecule has 4 rings (SSSR count). The first kappa shape index (κ1) is 16.0. The summed E-state index contributed by atoms with van der Waals surface area (Å²) in [7, 11) is 0. The number of hydrogen-bond acceptors (Lipinski definition) is 2. The average Bonchev–Trinajstić information content (AvgIpc) is 2.69. The Labute approximate surface area is 152 Å². The molecule has 3 heteroatoms. The van der Waals surface area contributed by atoms with Crippen LogP contribution in [0.5, 0.6) is 0 Å². The second kappa shape index (κ2) is 7.16. The lowest BCUT2D eigenvalue weighted by Crippen LogP contribution is -2.30. The Kier molecular flexibility index (Phi) is 4.57. The van der Waals surface area contributed by atoms with Gasteiger partial charge in [0.15, 0.2) is 0 Å². The molecule has 1 atom stereocenters. The van der Waals surface area contributed by atoms with Gasteiger partial charge in [-0.1, -0.05) is 60.7 Å². The molecule has 1 amide bonds. The topological polar surface area (TPSA) is 29.1 Å². The van der Waals surface area contributed by atoms with Crippen molar-refractivity contribution in [3.05, 3.63) is 90.0 Å². The molecule has 1 aliphatic heterocycles. The molecule has 0 unspecified atom stereocenters. The van der Waals surface area contributed by atoms with Crippen molar-refractivity contribution in [1.82, 2.24) is 5.32 Å². The van der Waals surface area contributed by atoms with E-state index in [1.807, 2.05) is 60.3 Å². The molecule has 25 heavy (non-hydrogen) atoms. The Morgan fingerprint density at radius 3 is 2.32 bits per heavy atom. The first-order valence-corrected chi connectivity index (χ1v) is 9.48. The summed E-state index contributed by atoms with van der Waals surface area (Å²) in [4.78, 5) is 13.9. The van der Waals surface area contributed by atoms with Crippen molar-refractivity contribution in [1.29, 1.82) is 0 Å². The van der Waals surface area contributed by atoms with E-state index in [2.05, 4.69) is 35.6 Å². The molecule has 124 valence electrons. The van der Waals surface area contributed by atoms with Gasteiger partial charge >= 0.3 is 0 Å². The van der Waals surface area contributed by atoms with E-state index in [0.29, 0.717) is 5.56 Å².